The maximum absolute atomic E-state index is 12.9. The highest BCUT2D eigenvalue weighted by Crippen LogP contribution is 2.35. The molecule has 0 spiro atoms. The van der Waals surface area contributed by atoms with Crippen LogP contribution in [0.3, 0.4) is 0 Å². The van der Waals surface area contributed by atoms with E-state index in [0.29, 0.717) is 10.7 Å². The van der Waals surface area contributed by atoms with Crippen molar-refractivity contribution in [1.29, 1.82) is 5.26 Å². The fourth-order valence-electron chi connectivity index (χ4n) is 1.89. The van der Waals surface area contributed by atoms with Crippen LogP contribution in [0.1, 0.15) is 16.7 Å². The van der Waals surface area contributed by atoms with Gasteiger partial charge in [-0.25, -0.2) is 0 Å². The van der Waals surface area contributed by atoms with Gasteiger partial charge in [-0.05, 0) is 36.8 Å². The smallest absolute Gasteiger partial charge is 0.354 e. The molecule has 0 atom stereocenters. The fourth-order valence-corrected chi connectivity index (χ4v) is 2.16. The average molecular weight is 311 g/mol. The molecule has 6 heteroatoms. The van der Waals surface area contributed by atoms with Crippen LogP contribution in [0.5, 0.6) is 0 Å². The first-order chi connectivity index (χ1) is 9.82. The molecule has 0 unspecified atom stereocenters. The molecule has 108 valence electrons. The Morgan fingerprint density at radius 1 is 1.19 bits per heavy atom. The van der Waals surface area contributed by atoms with Crippen LogP contribution in [-0.4, -0.2) is 0 Å². The highest BCUT2D eigenvalue weighted by Gasteiger charge is 2.33. The van der Waals surface area contributed by atoms with Gasteiger partial charge in [-0.15, -0.1) is 0 Å². The average Bonchev–Trinajstić information content (AvgIpc) is 2.42. The van der Waals surface area contributed by atoms with Crippen molar-refractivity contribution in [3.8, 4) is 6.07 Å². The van der Waals surface area contributed by atoms with Crippen molar-refractivity contribution in [3.05, 3.63) is 58.1 Å². The van der Waals surface area contributed by atoms with Gasteiger partial charge < -0.3 is 5.32 Å². The molecule has 2 rings (SSSR count). The molecule has 0 saturated heterocycles. The number of benzene rings is 2. The number of nitrogens with zero attached hydrogens (tertiary/aromatic N) is 1. The second kappa shape index (κ2) is 5.66. The molecule has 0 aliphatic carbocycles. The van der Waals surface area contributed by atoms with E-state index in [9.17, 15) is 13.2 Å². The molecule has 0 aromatic heterocycles. The van der Waals surface area contributed by atoms with Gasteiger partial charge in [-0.1, -0.05) is 23.7 Å². The number of hydrogen-bond acceptors (Lipinski definition) is 2. The van der Waals surface area contributed by atoms with Crippen LogP contribution in [0.2, 0.25) is 5.02 Å². The minimum absolute atomic E-state index is 0.220. The molecular formula is C15H10ClF3N2. The number of aryl methyl sites for hydroxylation is 1. The van der Waals surface area contributed by atoms with Crippen molar-refractivity contribution >= 4 is 23.0 Å². The molecule has 2 nitrogen and oxygen atoms in total. The molecule has 2 aromatic carbocycles. The number of nitriles is 1. The van der Waals surface area contributed by atoms with E-state index in [2.05, 4.69) is 5.32 Å². The Morgan fingerprint density at radius 2 is 1.90 bits per heavy atom. The van der Waals surface area contributed by atoms with E-state index in [0.717, 1.165) is 17.7 Å². The third kappa shape index (κ3) is 3.29. The van der Waals surface area contributed by atoms with E-state index >= 15 is 0 Å². The quantitative estimate of drug-likeness (QED) is 0.819. The van der Waals surface area contributed by atoms with Gasteiger partial charge in [0.1, 0.15) is 0 Å². The van der Waals surface area contributed by atoms with E-state index < -0.39 is 17.3 Å². The summed E-state index contributed by atoms with van der Waals surface area (Å²) in [5.74, 6) is 0. The van der Waals surface area contributed by atoms with Crippen molar-refractivity contribution in [2.24, 2.45) is 0 Å². The summed E-state index contributed by atoms with van der Waals surface area (Å²) in [7, 11) is 0. The molecule has 0 heterocycles. The van der Waals surface area contributed by atoms with Crippen LogP contribution in [0.4, 0.5) is 24.5 Å². The van der Waals surface area contributed by atoms with E-state index in [1.807, 2.05) is 0 Å². The summed E-state index contributed by atoms with van der Waals surface area (Å²) in [4.78, 5) is 0. The van der Waals surface area contributed by atoms with Gasteiger partial charge in [0.15, 0.2) is 0 Å². The van der Waals surface area contributed by atoms with Crippen molar-refractivity contribution < 1.29 is 13.2 Å². The Balaban J connectivity index is 2.45. The third-order valence-corrected chi connectivity index (χ3v) is 3.25. The Morgan fingerprint density at radius 3 is 2.48 bits per heavy atom. The summed E-state index contributed by atoms with van der Waals surface area (Å²) in [5.41, 5.74) is 0.179. The number of hydrogen-bond donors (Lipinski definition) is 1. The predicted octanol–water partition coefficient (Wildman–Crippen LogP) is 5.28. The number of para-hydroxylation sites is 1. The van der Waals surface area contributed by atoms with Crippen molar-refractivity contribution in [1.82, 2.24) is 0 Å². The molecule has 0 bridgehead atoms. The van der Waals surface area contributed by atoms with E-state index in [1.165, 1.54) is 6.07 Å². The number of nitrogens with one attached hydrogen (secondary N) is 1. The third-order valence-electron chi connectivity index (χ3n) is 2.94. The van der Waals surface area contributed by atoms with Crippen LogP contribution >= 0.6 is 11.6 Å². The molecular weight excluding hydrogens is 301 g/mol. The molecule has 0 aliphatic heterocycles. The minimum Gasteiger partial charge on any atom is -0.354 e. The van der Waals surface area contributed by atoms with Crippen molar-refractivity contribution in [3.63, 3.8) is 0 Å². The van der Waals surface area contributed by atoms with Gasteiger partial charge in [-0.2, -0.15) is 18.4 Å². The largest absolute Gasteiger partial charge is 0.417 e. The van der Waals surface area contributed by atoms with Gasteiger partial charge in [0.05, 0.1) is 27.9 Å². The maximum atomic E-state index is 12.9. The molecule has 0 radical (unpaired) electrons. The molecule has 1 N–H and O–H groups in total. The van der Waals surface area contributed by atoms with Gasteiger partial charge in [0, 0.05) is 5.69 Å². The zero-order valence-corrected chi connectivity index (χ0v) is 11.7. The second-order valence-electron chi connectivity index (χ2n) is 4.43. The van der Waals surface area contributed by atoms with Crippen molar-refractivity contribution in [2.75, 3.05) is 5.32 Å². The van der Waals surface area contributed by atoms with Crippen LogP contribution in [-0.2, 0) is 6.18 Å². The first-order valence-corrected chi connectivity index (χ1v) is 6.34. The predicted molar refractivity (Wildman–Crippen MR) is 75.6 cm³/mol. The lowest BCUT2D eigenvalue weighted by atomic mass is 10.1. The number of rotatable bonds is 2. The van der Waals surface area contributed by atoms with Crippen LogP contribution in [0, 0.1) is 18.3 Å². The van der Waals surface area contributed by atoms with Gasteiger partial charge in [-0.3, -0.25) is 0 Å². The Bertz CT molecular complexity index is 698. The molecule has 2 aromatic rings. The van der Waals surface area contributed by atoms with E-state index in [1.54, 1.807) is 31.2 Å². The second-order valence-corrected chi connectivity index (χ2v) is 4.83. The van der Waals surface area contributed by atoms with Gasteiger partial charge in [0.25, 0.3) is 0 Å². The first-order valence-electron chi connectivity index (χ1n) is 5.96. The summed E-state index contributed by atoms with van der Waals surface area (Å²) in [6, 6.07) is 10.2. The highest BCUT2D eigenvalue weighted by molar-refractivity contribution is 6.33. The molecule has 21 heavy (non-hydrogen) atoms. The minimum atomic E-state index is -4.59. The molecule has 0 amide bonds. The lowest BCUT2D eigenvalue weighted by Crippen LogP contribution is -2.08. The zero-order chi connectivity index (χ0) is 15.6. The summed E-state index contributed by atoms with van der Waals surface area (Å²) < 4.78 is 38.7. The lowest BCUT2D eigenvalue weighted by Gasteiger charge is -2.14. The summed E-state index contributed by atoms with van der Waals surface area (Å²) >= 11 is 6.03. The first kappa shape index (κ1) is 15.2. The normalized spacial score (nSPS) is 11.0. The Kier molecular flexibility index (Phi) is 4.10. The number of anilines is 2. The molecule has 0 fully saturated rings. The molecule has 0 saturated carbocycles. The fraction of sp³-hybridized carbons (Fsp3) is 0.133. The monoisotopic (exact) mass is 310 g/mol. The van der Waals surface area contributed by atoms with Crippen LogP contribution in [0.15, 0.2) is 36.4 Å². The SMILES string of the molecule is Cc1cccc(Cl)c1Nc1ccc(C#N)c(C(F)(F)F)c1. The standard InChI is InChI=1S/C15H10ClF3N2/c1-9-3-2-4-13(16)14(9)21-11-6-5-10(8-20)12(7-11)15(17,18)19/h2-7,21H,1H3. The van der Waals surface area contributed by atoms with E-state index in [4.69, 9.17) is 16.9 Å². The Labute approximate surface area is 124 Å². The Hall–Kier alpha value is -2.19. The summed E-state index contributed by atoms with van der Waals surface area (Å²) in [6.07, 6.45) is -4.59. The van der Waals surface area contributed by atoms with Crippen LogP contribution in [0.25, 0.3) is 0 Å². The maximum Gasteiger partial charge on any atom is 0.417 e. The highest BCUT2D eigenvalue weighted by atomic mass is 35.5. The topological polar surface area (TPSA) is 35.8 Å². The van der Waals surface area contributed by atoms with E-state index in [-0.39, 0.29) is 5.69 Å². The summed E-state index contributed by atoms with van der Waals surface area (Å²) in [6.45, 7) is 1.79. The number of halogens is 4. The van der Waals surface area contributed by atoms with Crippen LogP contribution < -0.4 is 5.32 Å². The van der Waals surface area contributed by atoms with Gasteiger partial charge >= 0.3 is 6.18 Å². The lowest BCUT2D eigenvalue weighted by molar-refractivity contribution is -0.137. The van der Waals surface area contributed by atoms with Crippen molar-refractivity contribution in [2.45, 2.75) is 13.1 Å². The summed E-state index contributed by atoms with van der Waals surface area (Å²) in [5, 5.41) is 12.0. The molecule has 0 aliphatic rings. The number of alkyl halides is 3. The van der Waals surface area contributed by atoms with Gasteiger partial charge in [0.2, 0.25) is 0 Å². The zero-order valence-electron chi connectivity index (χ0n) is 10.9.